The molecule has 1 heterocycles. The molecule has 1 aliphatic heterocycles. The minimum absolute atomic E-state index is 0.0161. The third-order valence-corrected chi connectivity index (χ3v) is 8.95. The van der Waals surface area contributed by atoms with Crippen molar-refractivity contribution >= 4 is 15.9 Å². The fourth-order valence-corrected chi connectivity index (χ4v) is 6.11. The number of rotatable bonds is 9. The summed E-state index contributed by atoms with van der Waals surface area (Å²) in [5, 5.41) is 10.9. The lowest BCUT2D eigenvalue weighted by Crippen LogP contribution is -2.46. The SMILES string of the molecule is COc1cc(C)c(S(=O)(=O)N(C)CCOCC(=O)N2CCC(O)(c3cccc(C(F)(F)F)c3)CC2)c(C)c1. The highest BCUT2D eigenvalue weighted by atomic mass is 32.2. The predicted octanol–water partition coefficient (Wildman–Crippen LogP) is 3.48. The average molecular weight is 559 g/mol. The van der Waals surface area contributed by atoms with Crippen molar-refractivity contribution in [2.45, 2.75) is 43.4 Å². The Labute approximate surface area is 221 Å². The molecule has 0 bridgehead atoms. The number of likely N-dealkylation sites (N-methyl/N-ethyl adjacent to an activating group) is 1. The maximum atomic E-state index is 13.1. The summed E-state index contributed by atoms with van der Waals surface area (Å²) in [5.74, 6) is 0.220. The Morgan fingerprint density at radius 1 is 1.13 bits per heavy atom. The van der Waals surface area contributed by atoms with Gasteiger partial charge in [-0.05, 0) is 67.6 Å². The molecule has 210 valence electrons. The number of hydrogen-bond donors (Lipinski definition) is 1. The normalized spacial score (nSPS) is 16.1. The van der Waals surface area contributed by atoms with Crippen LogP contribution in [-0.2, 0) is 31.3 Å². The number of alkyl halides is 3. The van der Waals surface area contributed by atoms with E-state index in [0.717, 1.165) is 16.4 Å². The molecule has 1 aliphatic rings. The van der Waals surface area contributed by atoms with E-state index in [1.54, 1.807) is 26.0 Å². The molecule has 1 amide bonds. The van der Waals surface area contributed by atoms with Gasteiger partial charge in [0.1, 0.15) is 12.4 Å². The fourth-order valence-electron chi connectivity index (χ4n) is 4.55. The number of nitrogens with zero attached hydrogens (tertiary/aromatic N) is 2. The van der Waals surface area contributed by atoms with Crippen molar-refractivity contribution in [1.29, 1.82) is 0 Å². The molecule has 1 saturated heterocycles. The molecule has 3 rings (SSSR count). The highest BCUT2D eigenvalue weighted by Gasteiger charge is 2.38. The van der Waals surface area contributed by atoms with Crippen molar-refractivity contribution in [3.63, 3.8) is 0 Å². The van der Waals surface area contributed by atoms with Gasteiger partial charge in [0, 0.05) is 26.7 Å². The van der Waals surface area contributed by atoms with E-state index >= 15 is 0 Å². The number of carbonyl (C=O) groups excluding carboxylic acids is 1. The van der Waals surface area contributed by atoms with E-state index in [2.05, 4.69) is 0 Å². The van der Waals surface area contributed by atoms with E-state index < -0.39 is 27.4 Å². The average Bonchev–Trinajstić information content (AvgIpc) is 2.85. The van der Waals surface area contributed by atoms with E-state index in [-0.39, 0.29) is 62.1 Å². The van der Waals surface area contributed by atoms with E-state index in [0.29, 0.717) is 16.9 Å². The molecule has 0 unspecified atom stereocenters. The van der Waals surface area contributed by atoms with Crippen LogP contribution in [0.5, 0.6) is 5.75 Å². The standard InChI is InChI=1S/C26H33F3N2O6S/c1-18-14-22(36-4)15-19(2)24(18)38(34,35)30(3)12-13-37-17-23(32)31-10-8-25(33,9-11-31)20-6-5-7-21(16-20)26(27,28)29/h5-7,14-16,33H,8-13,17H2,1-4H3. The minimum atomic E-state index is -4.51. The first-order valence-electron chi connectivity index (χ1n) is 12.1. The number of amides is 1. The molecule has 1 N–H and O–H groups in total. The summed E-state index contributed by atoms with van der Waals surface area (Å²) in [5.41, 5.74) is -1.02. The van der Waals surface area contributed by atoms with Gasteiger partial charge in [-0.2, -0.15) is 17.5 Å². The van der Waals surface area contributed by atoms with Gasteiger partial charge in [-0.1, -0.05) is 12.1 Å². The number of likely N-dealkylation sites (tertiary alicyclic amines) is 1. The van der Waals surface area contributed by atoms with Crippen molar-refractivity contribution in [1.82, 2.24) is 9.21 Å². The van der Waals surface area contributed by atoms with Crippen molar-refractivity contribution in [2.75, 3.05) is 47.0 Å². The number of ether oxygens (including phenoxy) is 2. The van der Waals surface area contributed by atoms with Gasteiger partial charge in [-0.3, -0.25) is 4.79 Å². The lowest BCUT2D eigenvalue weighted by molar-refractivity contribution is -0.140. The monoisotopic (exact) mass is 558 g/mol. The number of methoxy groups -OCH3 is 1. The lowest BCUT2D eigenvalue weighted by atomic mass is 9.83. The van der Waals surface area contributed by atoms with Crippen molar-refractivity contribution < 1.29 is 41.0 Å². The number of aliphatic hydroxyl groups is 1. The Bertz CT molecular complexity index is 1230. The summed E-state index contributed by atoms with van der Waals surface area (Å²) in [4.78, 5) is 14.2. The second kappa shape index (κ2) is 11.6. The smallest absolute Gasteiger partial charge is 0.416 e. The molecule has 0 spiro atoms. The van der Waals surface area contributed by atoms with E-state index in [1.807, 2.05) is 0 Å². The lowest BCUT2D eigenvalue weighted by Gasteiger charge is -2.38. The van der Waals surface area contributed by atoms with Crippen LogP contribution in [0.3, 0.4) is 0 Å². The molecule has 1 fully saturated rings. The van der Waals surface area contributed by atoms with E-state index in [4.69, 9.17) is 9.47 Å². The largest absolute Gasteiger partial charge is 0.497 e. The second-order valence-electron chi connectivity index (χ2n) is 9.46. The van der Waals surface area contributed by atoms with Gasteiger partial charge in [0.15, 0.2) is 0 Å². The van der Waals surface area contributed by atoms with Gasteiger partial charge in [0.25, 0.3) is 0 Å². The third kappa shape index (κ3) is 6.66. The van der Waals surface area contributed by atoms with E-state index in [1.165, 1.54) is 31.2 Å². The molecule has 12 heteroatoms. The number of carbonyl (C=O) groups is 1. The van der Waals surface area contributed by atoms with Crippen LogP contribution in [0.15, 0.2) is 41.3 Å². The third-order valence-electron chi connectivity index (χ3n) is 6.78. The first kappa shape index (κ1) is 29.9. The van der Waals surface area contributed by atoms with Crippen LogP contribution >= 0.6 is 0 Å². The first-order chi connectivity index (χ1) is 17.7. The van der Waals surface area contributed by atoms with Crippen LogP contribution in [0.25, 0.3) is 0 Å². The zero-order valence-electron chi connectivity index (χ0n) is 21.8. The van der Waals surface area contributed by atoms with Gasteiger partial charge >= 0.3 is 6.18 Å². The Morgan fingerprint density at radius 3 is 2.29 bits per heavy atom. The molecule has 38 heavy (non-hydrogen) atoms. The van der Waals surface area contributed by atoms with Crippen LogP contribution in [-0.4, -0.2) is 75.6 Å². The summed E-state index contributed by atoms with van der Waals surface area (Å²) in [6.07, 6.45) is -4.34. The molecule has 0 aliphatic carbocycles. The predicted molar refractivity (Wildman–Crippen MR) is 134 cm³/mol. The Hall–Kier alpha value is -2.67. The van der Waals surface area contributed by atoms with E-state index in [9.17, 15) is 31.5 Å². The summed E-state index contributed by atoms with van der Waals surface area (Å²) in [6, 6.07) is 7.90. The van der Waals surface area contributed by atoms with Crippen LogP contribution in [0.4, 0.5) is 13.2 Å². The van der Waals surface area contributed by atoms with Crippen LogP contribution in [0.1, 0.15) is 35.1 Å². The topological polar surface area (TPSA) is 96.4 Å². The number of benzene rings is 2. The first-order valence-corrected chi connectivity index (χ1v) is 13.5. The molecule has 2 aromatic rings. The summed E-state index contributed by atoms with van der Waals surface area (Å²) < 4.78 is 77.1. The number of aryl methyl sites for hydroxylation is 2. The van der Waals surface area contributed by atoms with Crippen LogP contribution in [0, 0.1) is 13.8 Å². The molecular formula is C26H33F3N2O6S. The summed E-state index contributed by atoms with van der Waals surface area (Å²) in [7, 11) is -0.853. The molecular weight excluding hydrogens is 525 g/mol. The number of hydrogen-bond acceptors (Lipinski definition) is 6. The minimum Gasteiger partial charge on any atom is -0.497 e. The second-order valence-corrected chi connectivity index (χ2v) is 11.4. The zero-order valence-corrected chi connectivity index (χ0v) is 22.7. The van der Waals surface area contributed by atoms with Gasteiger partial charge < -0.3 is 19.5 Å². The zero-order chi connectivity index (χ0) is 28.3. The maximum Gasteiger partial charge on any atom is 0.416 e. The Balaban J connectivity index is 1.50. The van der Waals surface area contributed by atoms with Gasteiger partial charge in [0.05, 0.1) is 29.8 Å². The molecule has 0 radical (unpaired) electrons. The van der Waals surface area contributed by atoms with Crippen LogP contribution < -0.4 is 4.74 Å². The molecule has 0 atom stereocenters. The van der Waals surface area contributed by atoms with Gasteiger partial charge in [-0.25, -0.2) is 8.42 Å². The van der Waals surface area contributed by atoms with Crippen LogP contribution in [0.2, 0.25) is 0 Å². The molecule has 0 saturated carbocycles. The van der Waals surface area contributed by atoms with Gasteiger partial charge in [0.2, 0.25) is 15.9 Å². The Morgan fingerprint density at radius 2 is 1.74 bits per heavy atom. The Kier molecular flexibility index (Phi) is 9.12. The summed E-state index contributed by atoms with van der Waals surface area (Å²) >= 11 is 0. The highest BCUT2D eigenvalue weighted by molar-refractivity contribution is 7.89. The van der Waals surface area contributed by atoms with Gasteiger partial charge in [-0.15, -0.1) is 0 Å². The van der Waals surface area contributed by atoms with Crippen molar-refractivity contribution in [3.8, 4) is 5.75 Å². The quantitative estimate of drug-likeness (QED) is 0.474. The highest BCUT2D eigenvalue weighted by Crippen LogP contribution is 2.36. The number of piperidine rings is 1. The number of halogens is 3. The molecule has 8 nitrogen and oxygen atoms in total. The molecule has 2 aromatic carbocycles. The molecule has 0 aromatic heterocycles. The fraction of sp³-hybridized carbons (Fsp3) is 0.500. The number of sulfonamides is 1. The maximum absolute atomic E-state index is 13.1. The van der Waals surface area contributed by atoms with Crippen molar-refractivity contribution in [2.24, 2.45) is 0 Å². The summed E-state index contributed by atoms with van der Waals surface area (Å²) in [6.45, 7) is 3.42. The van der Waals surface area contributed by atoms with Crippen molar-refractivity contribution in [3.05, 3.63) is 58.7 Å².